The molecule has 0 unspecified atom stereocenters. The van der Waals surface area contributed by atoms with E-state index in [9.17, 15) is 8.42 Å². The van der Waals surface area contributed by atoms with E-state index >= 15 is 0 Å². The minimum absolute atomic E-state index is 0.0163. The third-order valence-electron chi connectivity index (χ3n) is 3.98. The van der Waals surface area contributed by atoms with Gasteiger partial charge in [-0.15, -0.1) is 0 Å². The van der Waals surface area contributed by atoms with E-state index in [-0.39, 0.29) is 11.8 Å². The van der Waals surface area contributed by atoms with Gasteiger partial charge in [-0.05, 0) is 30.2 Å². The zero-order valence-electron chi connectivity index (χ0n) is 11.0. The zero-order valence-corrected chi connectivity index (χ0v) is 11.8. The van der Waals surface area contributed by atoms with Crippen LogP contribution in [-0.4, -0.2) is 20.2 Å². The second kappa shape index (κ2) is 5.04. The van der Waals surface area contributed by atoms with Gasteiger partial charge < -0.3 is 5.73 Å². The topological polar surface area (TPSA) is 60.2 Å². The molecular weight excluding hydrogens is 270 g/mol. The standard InChI is InChI=1S/C16H17NO2S/c17-11-14-15(12-7-3-1-4-8-12)16(14)20(18,19)13-9-5-2-6-10-13/h1-10,14-16H,11,17H2/t14-,15-,16-/m1/s1. The molecule has 0 heterocycles. The first-order chi connectivity index (χ1) is 9.66. The highest BCUT2D eigenvalue weighted by Crippen LogP contribution is 2.53. The Hall–Kier alpha value is -1.65. The predicted octanol–water partition coefficient (Wildman–Crippen LogP) is 2.20. The smallest absolute Gasteiger partial charge is 0.182 e. The Morgan fingerprint density at radius 1 is 0.900 bits per heavy atom. The number of nitrogens with two attached hydrogens (primary N) is 1. The number of sulfone groups is 1. The van der Waals surface area contributed by atoms with Gasteiger partial charge in [-0.2, -0.15) is 0 Å². The third-order valence-corrected chi connectivity index (χ3v) is 6.27. The van der Waals surface area contributed by atoms with Crippen molar-refractivity contribution in [2.24, 2.45) is 11.7 Å². The molecule has 0 aliphatic heterocycles. The van der Waals surface area contributed by atoms with E-state index in [4.69, 9.17) is 5.73 Å². The number of benzene rings is 2. The van der Waals surface area contributed by atoms with E-state index in [0.717, 1.165) is 5.56 Å². The summed E-state index contributed by atoms with van der Waals surface area (Å²) in [5.74, 6) is 0.0361. The van der Waals surface area contributed by atoms with Gasteiger partial charge in [0.2, 0.25) is 0 Å². The number of hydrogen-bond acceptors (Lipinski definition) is 3. The van der Waals surface area contributed by atoms with Crippen LogP contribution >= 0.6 is 0 Å². The summed E-state index contributed by atoms with van der Waals surface area (Å²) in [5, 5.41) is -0.391. The van der Waals surface area contributed by atoms with Gasteiger partial charge in [0.25, 0.3) is 0 Å². The van der Waals surface area contributed by atoms with E-state index in [1.807, 2.05) is 36.4 Å². The van der Waals surface area contributed by atoms with Crippen LogP contribution in [0.4, 0.5) is 0 Å². The van der Waals surface area contributed by atoms with Crippen LogP contribution in [0.3, 0.4) is 0 Å². The Balaban J connectivity index is 1.95. The van der Waals surface area contributed by atoms with Crippen molar-refractivity contribution in [3.05, 3.63) is 66.2 Å². The highest BCUT2D eigenvalue weighted by atomic mass is 32.2. The van der Waals surface area contributed by atoms with Crippen molar-refractivity contribution in [1.82, 2.24) is 0 Å². The summed E-state index contributed by atoms with van der Waals surface area (Å²) in [6.45, 7) is 0.399. The molecule has 1 aliphatic rings. The van der Waals surface area contributed by atoms with E-state index < -0.39 is 15.1 Å². The van der Waals surface area contributed by atoms with Crippen molar-refractivity contribution >= 4 is 9.84 Å². The molecule has 1 aliphatic carbocycles. The predicted molar refractivity (Wildman–Crippen MR) is 79.1 cm³/mol. The molecule has 1 fully saturated rings. The van der Waals surface area contributed by atoms with Gasteiger partial charge in [-0.1, -0.05) is 48.5 Å². The fourth-order valence-corrected chi connectivity index (χ4v) is 5.17. The highest BCUT2D eigenvalue weighted by molar-refractivity contribution is 7.92. The van der Waals surface area contributed by atoms with E-state index in [0.29, 0.717) is 11.4 Å². The molecule has 4 heteroatoms. The van der Waals surface area contributed by atoms with Gasteiger partial charge in [0.15, 0.2) is 9.84 Å². The van der Waals surface area contributed by atoms with Crippen LogP contribution in [-0.2, 0) is 9.84 Å². The summed E-state index contributed by atoms with van der Waals surface area (Å²) in [5.41, 5.74) is 6.82. The van der Waals surface area contributed by atoms with Crippen LogP contribution in [0.1, 0.15) is 11.5 Å². The Morgan fingerprint density at radius 2 is 1.45 bits per heavy atom. The fraction of sp³-hybridized carbons (Fsp3) is 0.250. The van der Waals surface area contributed by atoms with Gasteiger partial charge in [0, 0.05) is 5.92 Å². The maximum atomic E-state index is 12.7. The van der Waals surface area contributed by atoms with Gasteiger partial charge in [0.1, 0.15) is 0 Å². The minimum Gasteiger partial charge on any atom is -0.330 e. The van der Waals surface area contributed by atoms with Crippen LogP contribution in [0.2, 0.25) is 0 Å². The first-order valence-electron chi connectivity index (χ1n) is 6.70. The molecule has 1 saturated carbocycles. The molecule has 3 nitrogen and oxygen atoms in total. The molecule has 2 N–H and O–H groups in total. The van der Waals surface area contributed by atoms with Crippen LogP contribution in [0.25, 0.3) is 0 Å². The number of rotatable bonds is 4. The van der Waals surface area contributed by atoms with E-state index in [2.05, 4.69) is 0 Å². The summed E-state index contributed by atoms with van der Waals surface area (Å²) in [7, 11) is -3.30. The maximum Gasteiger partial charge on any atom is 0.182 e. The second-order valence-corrected chi connectivity index (χ2v) is 7.26. The quantitative estimate of drug-likeness (QED) is 0.938. The lowest BCUT2D eigenvalue weighted by Crippen LogP contribution is -2.13. The van der Waals surface area contributed by atoms with Gasteiger partial charge in [-0.25, -0.2) is 8.42 Å². The first kappa shape index (κ1) is 13.3. The lowest BCUT2D eigenvalue weighted by atomic mass is 10.1. The largest absolute Gasteiger partial charge is 0.330 e. The van der Waals surface area contributed by atoms with Crippen molar-refractivity contribution in [3.8, 4) is 0 Å². The first-order valence-corrected chi connectivity index (χ1v) is 8.25. The minimum atomic E-state index is -3.30. The van der Waals surface area contributed by atoms with Crippen LogP contribution in [0, 0.1) is 5.92 Å². The molecular formula is C16H17NO2S. The van der Waals surface area contributed by atoms with Crippen molar-refractivity contribution < 1.29 is 8.42 Å². The molecule has 3 rings (SSSR count). The normalized spacial score (nSPS) is 25.4. The zero-order chi connectivity index (χ0) is 14.2. The third kappa shape index (κ3) is 2.15. The SMILES string of the molecule is NC[C@@H]1[C@@H](c2ccccc2)[C@@H]1S(=O)(=O)c1ccccc1. The van der Waals surface area contributed by atoms with Crippen molar-refractivity contribution in [1.29, 1.82) is 0 Å². The van der Waals surface area contributed by atoms with Gasteiger partial charge >= 0.3 is 0 Å². The van der Waals surface area contributed by atoms with Crippen molar-refractivity contribution in [2.75, 3.05) is 6.54 Å². The molecule has 0 aromatic heterocycles. The molecule has 2 aromatic carbocycles. The van der Waals surface area contributed by atoms with Crippen LogP contribution in [0.15, 0.2) is 65.6 Å². The second-order valence-electron chi connectivity index (χ2n) is 5.16. The Bertz CT molecular complexity index is 683. The van der Waals surface area contributed by atoms with Crippen LogP contribution < -0.4 is 5.73 Å². The molecule has 0 amide bonds. The lowest BCUT2D eigenvalue weighted by molar-refractivity contribution is 0.591. The maximum absolute atomic E-state index is 12.7. The fourth-order valence-electron chi connectivity index (χ4n) is 2.93. The van der Waals surface area contributed by atoms with E-state index in [1.165, 1.54) is 0 Å². The lowest BCUT2D eigenvalue weighted by Gasteiger charge is -2.04. The molecule has 0 radical (unpaired) electrons. The Morgan fingerprint density at radius 3 is 2.00 bits per heavy atom. The molecule has 104 valence electrons. The monoisotopic (exact) mass is 287 g/mol. The average molecular weight is 287 g/mol. The summed E-state index contributed by atoms with van der Waals surface area (Å²) < 4.78 is 25.4. The summed E-state index contributed by atoms with van der Waals surface area (Å²) >= 11 is 0. The Labute approximate surface area is 119 Å². The molecule has 2 aromatic rings. The highest BCUT2D eigenvalue weighted by Gasteiger charge is 2.57. The van der Waals surface area contributed by atoms with E-state index in [1.54, 1.807) is 24.3 Å². The van der Waals surface area contributed by atoms with Gasteiger partial charge in [-0.3, -0.25) is 0 Å². The van der Waals surface area contributed by atoms with Crippen LogP contribution in [0.5, 0.6) is 0 Å². The van der Waals surface area contributed by atoms with Crippen molar-refractivity contribution in [3.63, 3.8) is 0 Å². The summed E-state index contributed by atoms with van der Waals surface area (Å²) in [6, 6.07) is 18.4. The summed E-state index contributed by atoms with van der Waals surface area (Å²) in [6.07, 6.45) is 0. The molecule has 0 spiro atoms. The summed E-state index contributed by atoms with van der Waals surface area (Å²) in [4.78, 5) is 0.391. The Kier molecular flexibility index (Phi) is 3.36. The van der Waals surface area contributed by atoms with Crippen molar-refractivity contribution in [2.45, 2.75) is 16.1 Å². The number of hydrogen-bond donors (Lipinski definition) is 1. The average Bonchev–Trinajstić information content (AvgIpc) is 3.24. The molecule has 0 saturated heterocycles. The van der Waals surface area contributed by atoms with Gasteiger partial charge in [0.05, 0.1) is 10.1 Å². The molecule has 20 heavy (non-hydrogen) atoms. The molecule has 3 atom stereocenters. The molecule has 0 bridgehead atoms.